The van der Waals surface area contributed by atoms with Gasteiger partial charge in [0, 0.05) is 34.8 Å². The van der Waals surface area contributed by atoms with Crippen molar-refractivity contribution in [3.8, 4) is 5.75 Å². The molecule has 0 spiro atoms. The molecule has 0 aliphatic heterocycles. The van der Waals surface area contributed by atoms with E-state index in [2.05, 4.69) is 15.0 Å². The van der Waals surface area contributed by atoms with Crippen LogP contribution in [0, 0.1) is 0 Å². The Morgan fingerprint density at radius 3 is 2.34 bits per heavy atom. The molecular weight excluding hydrogens is 470 g/mol. The standard InChI is InChI=1S/C25H23N3O6S/c1-34-19-10-6-16(7-11-19)24(29)27-18-8-12-20(13-9-18)35(32,33)28-23(25(30)31)14-17-15-26-22-5-3-2-4-21(17)22/h2-13,15,23,26,28H,14H2,1H3,(H,27,29)(H,30,31)/t23-/m1/s1. The lowest BCUT2D eigenvalue weighted by molar-refractivity contribution is -0.138. The Labute approximate surface area is 201 Å². The molecule has 0 aliphatic rings. The smallest absolute Gasteiger partial charge is 0.322 e. The van der Waals surface area contributed by atoms with Gasteiger partial charge < -0.3 is 20.1 Å². The average Bonchev–Trinajstić information content (AvgIpc) is 3.26. The number of benzene rings is 3. The Morgan fingerprint density at radius 1 is 1.00 bits per heavy atom. The van der Waals surface area contributed by atoms with Gasteiger partial charge in [-0.2, -0.15) is 4.72 Å². The predicted molar refractivity (Wildman–Crippen MR) is 131 cm³/mol. The van der Waals surface area contributed by atoms with Gasteiger partial charge in [-0.15, -0.1) is 0 Å². The monoisotopic (exact) mass is 493 g/mol. The van der Waals surface area contributed by atoms with Crippen LogP contribution in [0.25, 0.3) is 10.9 Å². The zero-order chi connectivity index (χ0) is 25.0. The van der Waals surface area contributed by atoms with E-state index in [4.69, 9.17) is 4.74 Å². The molecule has 0 aliphatic carbocycles. The van der Waals surface area contributed by atoms with Gasteiger partial charge in [-0.25, -0.2) is 8.42 Å². The highest BCUT2D eigenvalue weighted by Gasteiger charge is 2.26. The van der Waals surface area contributed by atoms with Gasteiger partial charge in [0.2, 0.25) is 10.0 Å². The molecule has 1 amide bonds. The first kappa shape index (κ1) is 24.0. The predicted octanol–water partition coefficient (Wildman–Crippen LogP) is 3.40. The van der Waals surface area contributed by atoms with Gasteiger partial charge in [-0.3, -0.25) is 9.59 Å². The van der Waals surface area contributed by atoms with Crippen LogP contribution in [0.1, 0.15) is 15.9 Å². The van der Waals surface area contributed by atoms with E-state index in [1.54, 1.807) is 30.5 Å². The Bertz CT molecular complexity index is 1460. The molecule has 9 nitrogen and oxygen atoms in total. The number of ether oxygens (including phenoxy) is 1. The number of para-hydroxylation sites is 1. The lowest BCUT2D eigenvalue weighted by Gasteiger charge is -2.15. The fourth-order valence-corrected chi connectivity index (χ4v) is 4.81. The summed E-state index contributed by atoms with van der Waals surface area (Å²) in [5.41, 5.74) is 2.32. The van der Waals surface area contributed by atoms with Gasteiger partial charge in [-0.05, 0) is 60.2 Å². The van der Waals surface area contributed by atoms with E-state index >= 15 is 0 Å². The molecule has 4 rings (SSSR count). The largest absolute Gasteiger partial charge is 0.497 e. The molecule has 4 aromatic rings. The molecule has 0 saturated carbocycles. The molecule has 0 fully saturated rings. The quantitative estimate of drug-likeness (QED) is 0.282. The number of fused-ring (bicyclic) bond motifs is 1. The third-order valence-corrected chi connectivity index (χ3v) is 6.96. The summed E-state index contributed by atoms with van der Waals surface area (Å²) in [4.78, 5) is 27.2. The minimum Gasteiger partial charge on any atom is -0.497 e. The molecule has 0 saturated heterocycles. The Balaban J connectivity index is 1.46. The number of H-pyrrole nitrogens is 1. The number of carboxylic acids is 1. The number of carboxylic acid groups (broad SMARTS) is 1. The number of aromatic nitrogens is 1. The zero-order valence-corrected chi connectivity index (χ0v) is 19.5. The van der Waals surface area contributed by atoms with Gasteiger partial charge in [0.05, 0.1) is 12.0 Å². The third kappa shape index (κ3) is 5.51. The number of nitrogens with one attached hydrogen (secondary N) is 3. The highest BCUT2D eigenvalue weighted by atomic mass is 32.2. The number of hydrogen-bond acceptors (Lipinski definition) is 5. The number of hydrogen-bond donors (Lipinski definition) is 4. The number of aromatic amines is 1. The maximum Gasteiger partial charge on any atom is 0.322 e. The lowest BCUT2D eigenvalue weighted by Crippen LogP contribution is -2.42. The molecule has 35 heavy (non-hydrogen) atoms. The van der Waals surface area contributed by atoms with Crippen molar-refractivity contribution in [1.82, 2.24) is 9.71 Å². The summed E-state index contributed by atoms with van der Waals surface area (Å²) >= 11 is 0. The van der Waals surface area contributed by atoms with Crippen LogP contribution in [0.3, 0.4) is 0 Å². The molecule has 1 heterocycles. The van der Waals surface area contributed by atoms with Crippen LogP contribution in [0.15, 0.2) is 83.9 Å². The van der Waals surface area contributed by atoms with E-state index in [0.717, 1.165) is 10.9 Å². The third-order valence-electron chi connectivity index (χ3n) is 5.47. The molecular formula is C25H23N3O6S. The van der Waals surface area contributed by atoms with Crippen molar-refractivity contribution in [2.45, 2.75) is 17.4 Å². The van der Waals surface area contributed by atoms with Crippen molar-refractivity contribution in [3.63, 3.8) is 0 Å². The van der Waals surface area contributed by atoms with Crippen LogP contribution in [0.5, 0.6) is 5.75 Å². The number of carbonyl (C=O) groups excluding carboxylic acids is 1. The zero-order valence-electron chi connectivity index (χ0n) is 18.7. The van der Waals surface area contributed by atoms with Crippen LogP contribution in [-0.4, -0.2) is 43.5 Å². The summed E-state index contributed by atoms with van der Waals surface area (Å²) in [6.07, 6.45) is 1.64. The van der Waals surface area contributed by atoms with E-state index < -0.39 is 22.0 Å². The summed E-state index contributed by atoms with van der Waals surface area (Å²) < 4.78 is 33.1. The first-order chi connectivity index (χ1) is 16.8. The Hall–Kier alpha value is -4.15. The van der Waals surface area contributed by atoms with Gasteiger partial charge in [0.25, 0.3) is 5.91 Å². The lowest BCUT2D eigenvalue weighted by atomic mass is 10.1. The van der Waals surface area contributed by atoms with Crippen molar-refractivity contribution >= 4 is 38.5 Å². The van der Waals surface area contributed by atoms with Crippen molar-refractivity contribution in [2.75, 3.05) is 12.4 Å². The number of sulfonamides is 1. The van der Waals surface area contributed by atoms with Crippen LogP contribution in [-0.2, 0) is 21.2 Å². The topological polar surface area (TPSA) is 138 Å². The summed E-state index contributed by atoms with van der Waals surface area (Å²) in [6.45, 7) is 0. The second-order valence-electron chi connectivity index (χ2n) is 7.78. The molecule has 180 valence electrons. The number of carbonyl (C=O) groups is 2. The van der Waals surface area contributed by atoms with E-state index in [1.807, 2.05) is 24.3 Å². The molecule has 0 unspecified atom stereocenters. The average molecular weight is 494 g/mol. The van der Waals surface area contributed by atoms with Crippen LogP contribution in [0.2, 0.25) is 0 Å². The summed E-state index contributed by atoms with van der Waals surface area (Å²) in [6, 6.07) is 18.0. The minimum absolute atomic E-state index is 0.0332. The van der Waals surface area contributed by atoms with E-state index in [0.29, 0.717) is 22.6 Å². The van der Waals surface area contributed by atoms with Crippen molar-refractivity contribution < 1.29 is 27.9 Å². The molecule has 0 bridgehead atoms. The van der Waals surface area contributed by atoms with E-state index in [-0.39, 0.29) is 17.2 Å². The number of methoxy groups -OCH3 is 1. The van der Waals surface area contributed by atoms with Crippen LogP contribution in [0.4, 0.5) is 5.69 Å². The Morgan fingerprint density at radius 2 is 1.69 bits per heavy atom. The minimum atomic E-state index is -4.13. The highest BCUT2D eigenvalue weighted by Crippen LogP contribution is 2.21. The summed E-state index contributed by atoms with van der Waals surface area (Å²) in [7, 11) is -2.61. The molecule has 3 aromatic carbocycles. The molecule has 1 atom stereocenters. The second kappa shape index (κ2) is 10.00. The maximum atomic E-state index is 12.9. The molecule has 10 heteroatoms. The number of aliphatic carboxylic acids is 1. The molecule has 0 radical (unpaired) electrons. The molecule has 1 aromatic heterocycles. The number of anilines is 1. The summed E-state index contributed by atoms with van der Waals surface area (Å²) in [5.74, 6) is -1.04. The first-order valence-corrected chi connectivity index (χ1v) is 12.1. The fraction of sp³-hybridized carbons (Fsp3) is 0.120. The second-order valence-corrected chi connectivity index (χ2v) is 9.50. The van der Waals surface area contributed by atoms with E-state index in [9.17, 15) is 23.1 Å². The van der Waals surface area contributed by atoms with Gasteiger partial charge in [0.1, 0.15) is 11.8 Å². The number of amides is 1. The van der Waals surface area contributed by atoms with Crippen molar-refractivity contribution in [1.29, 1.82) is 0 Å². The normalized spacial score (nSPS) is 12.3. The number of rotatable bonds is 9. The summed E-state index contributed by atoms with van der Waals surface area (Å²) in [5, 5.41) is 13.2. The first-order valence-electron chi connectivity index (χ1n) is 10.6. The van der Waals surface area contributed by atoms with Gasteiger partial charge in [-0.1, -0.05) is 18.2 Å². The van der Waals surface area contributed by atoms with Crippen LogP contribution >= 0.6 is 0 Å². The maximum absolute atomic E-state index is 12.9. The Kier molecular flexibility index (Phi) is 6.85. The fourth-order valence-electron chi connectivity index (χ4n) is 3.62. The van der Waals surface area contributed by atoms with Crippen molar-refractivity contribution in [2.24, 2.45) is 0 Å². The molecule has 4 N–H and O–H groups in total. The van der Waals surface area contributed by atoms with Gasteiger partial charge in [0.15, 0.2) is 0 Å². The van der Waals surface area contributed by atoms with Crippen LogP contribution < -0.4 is 14.8 Å². The van der Waals surface area contributed by atoms with E-state index in [1.165, 1.54) is 31.4 Å². The van der Waals surface area contributed by atoms with Crippen molar-refractivity contribution in [3.05, 3.63) is 90.1 Å². The van der Waals surface area contributed by atoms with Gasteiger partial charge >= 0.3 is 5.97 Å². The highest BCUT2D eigenvalue weighted by molar-refractivity contribution is 7.89. The SMILES string of the molecule is COc1ccc(C(=O)Nc2ccc(S(=O)(=O)N[C@H](Cc3c[nH]c4ccccc34)C(=O)O)cc2)cc1.